The molecule has 0 saturated carbocycles. The minimum absolute atomic E-state index is 0.164. The number of nitrogens with zero attached hydrogens (tertiary/aromatic N) is 1. The van der Waals surface area contributed by atoms with Crippen molar-refractivity contribution in [2.24, 2.45) is 5.92 Å². The van der Waals surface area contributed by atoms with Gasteiger partial charge in [0.05, 0.1) is 0 Å². The topological polar surface area (TPSA) is 41.6 Å². The SMILES string of the molecule is CC(C)CCCNC1CCCN(C(=O)OC(C)(C)C)CC1. The van der Waals surface area contributed by atoms with Crippen molar-refractivity contribution in [1.29, 1.82) is 0 Å². The maximum absolute atomic E-state index is 12.1. The maximum Gasteiger partial charge on any atom is 0.410 e. The van der Waals surface area contributed by atoms with Crippen LogP contribution in [0.1, 0.15) is 66.7 Å². The Hall–Kier alpha value is -0.770. The molecule has 1 fully saturated rings. The van der Waals surface area contributed by atoms with Crippen molar-refractivity contribution < 1.29 is 9.53 Å². The van der Waals surface area contributed by atoms with Crippen molar-refractivity contribution in [1.82, 2.24) is 10.2 Å². The molecule has 0 spiro atoms. The molecule has 0 bridgehead atoms. The number of likely N-dealkylation sites (tertiary alicyclic amines) is 1. The van der Waals surface area contributed by atoms with Crippen molar-refractivity contribution in [3.8, 4) is 0 Å². The zero-order valence-electron chi connectivity index (χ0n) is 14.6. The quantitative estimate of drug-likeness (QED) is 0.785. The van der Waals surface area contributed by atoms with Crippen LogP contribution in [0.25, 0.3) is 0 Å². The number of rotatable bonds is 5. The summed E-state index contributed by atoms with van der Waals surface area (Å²) in [5, 5.41) is 3.65. The Morgan fingerprint density at radius 3 is 2.62 bits per heavy atom. The van der Waals surface area contributed by atoms with Crippen LogP contribution < -0.4 is 5.32 Å². The molecule has 1 heterocycles. The minimum atomic E-state index is -0.405. The summed E-state index contributed by atoms with van der Waals surface area (Å²) in [7, 11) is 0. The largest absolute Gasteiger partial charge is 0.444 e. The van der Waals surface area contributed by atoms with Crippen LogP contribution in [0, 0.1) is 5.92 Å². The van der Waals surface area contributed by atoms with Gasteiger partial charge in [-0.25, -0.2) is 4.79 Å². The first-order valence-corrected chi connectivity index (χ1v) is 8.49. The summed E-state index contributed by atoms with van der Waals surface area (Å²) in [5.41, 5.74) is -0.405. The predicted molar refractivity (Wildman–Crippen MR) is 87.5 cm³/mol. The lowest BCUT2D eigenvalue weighted by atomic mass is 10.1. The molecule has 0 aromatic heterocycles. The second kappa shape index (κ2) is 8.62. The van der Waals surface area contributed by atoms with Crippen molar-refractivity contribution >= 4 is 6.09 Å². The van der Waals surface area contributed by atoms with Gasteiger partial charge < -0.3 is 15.0 Å². The van der Waals surface area contributed by atoms with Crippen molar-refractivity contribution in [3.63, 3.8) is 0 Å². The predicted octanol–water partition coefficient (Wildman–Crippen LogP) is 3.80. The number of amides is 1. The summed E-state index contributed by atoms with van der Waals surface area (Å²) >= 11 is 0. The summed E-state index contributed by atoms with van der Waals surface area (Å²) in [6.45, 7) is 13.0. The van der Waals surface area contributed by atoms with Crippen molar-refractivity contribution in [2.75, 3.05) is 19.6 Å². The summed E-state index contributed by atoms with van der Waals surface area (Å²) in [6, 6.07) is 0.546. The van der Waals surface area contributed by atoms with Crippen LogP contribution in [0.15, 0.2) is 0 Å². The molecule has 1 N–H and O–H groups in total. The highest BCUT2D eigenvalue weighted by molar-refractivity contribution is 5.68. The Balaban J connectivity index is 2.28. The lowest BCUT2D eigenvalue weighted by Crippen LogP contribution is -2.38. The van der Waals surface area contributed by atoms with Crippen LogP contribution in [0.5, 0.6) is 0 Å². The summed E-state index contributed by atoms with van der Waals surface area (Å²) in [5.74, 6) is 0.781. The van der Waals surface area contributed by atoms with Crippen LogP contribution >= 0.6 is 0 Å². The Morgan fingerprint density at radius 2 is 2.00 bits per heavy atom. The number of hydrogen-bond acceptors (Lipinski definition) is 3. The van der Waals surface area contributed by atoms with Crippen LogP contribution in [0.3, 0.4) is 0 Å². The van der Waals surface area contributed by atoms with E-state index >= 15 is 0 Å². The van der Waals surface area contributed by atoms with Gasteiger partial charge in [0, 0.05) is 19.1 Å². The Morgan fingerprint density at radius 1 is 1.29 bits per heavy atom. The maximum atomic E-state index is 12.1. The average Bonchev–Trinajstić information content (AvgIpc) is 2.58. The smallest absolute Gasteiger partial charge is 0.410 e. The van der Waals surface area contributed by atoms with E-state index in [0.29, 0.717) is 6.04 Å². The van der Waals surface area contributed by atoms with Gasteiger partial charge >= 0.3 is 6.09 Å². The van der Waals surface area contributed by atoms with E-state index in [2.05, 4.69) is 19.2 Å². The monoisotopic (exact) mass is 298 g/mol. The average molecular weight is 298 g/mol. The molecule has 0 radical (unpaired) electrons. The second-order valence-electron chi connectivity index (χ2n) is 7.59. The number of hydrogen-bond donors (Lipinski definition) is 1. The third-order valence-corrected chi connectivity index (χ3v) is 3.77. The zero-order valence-corrected chi connectivity index (χ0v) is 14.6. The summed E-state index contributed by atoms with van der Waals surface area (Å²) in [6.07, 6.45) is 5.60. The molecule has 0 aliphatic carbocycles. The molecule has 21 heavy (non-hydrogen) atoms. The Bertz CT molecular complexity index is 310. The highest BCUT2D eigenvalue weighted by atomic mass is 16.6. The van der Waals surface area contributed by atoms with E-state index in [0.717, 1.165) is 44.8 Å². The van der Waals surface area contributed by atoms with Crippen LogP contribution in [0.2, 0.25) is 0 Å². The highest BCUT2D eigenvalue weighted by Crippen LogP contribution is 2.15. The lowest BCUT2D eigenvalue weighted by Gasteiger charge is -2.26. The van der Waals surface area contributed by atoms with Crippen LogP contribution in [0.4, 0.5) is 4.79 Å². The third kappa shape index (κ3) is 8.30. The lowest BCUT2D eigenvalue weighted by molar-refractivity contribution is 0.0256. The van der Waals surface area contributed by atoms with E-state index in [1.165, 1.54) is 12.8 Å². The molecular weight excluding hydrogens is 264 g/mol. The first kappa shape index (κ1) is 18.3. The van der Waals surface area contributed by atoms with Gasteiger partial charge in [-0.05, 0) is 65.3 Å². The van der Waals surface area contributed by atoms with Gasteiger partial charge in [0.15, 0.2) is 0 Å². The minimum Gasteiger partial charge on any atom is -0.444 e. The van der Waals surface area contributed by atoms with Gasteiger partial charge in [0.2, 0.25) is 0 Å². The molecule has 1 aliphatic heterocycles. The van der Waals surface area contributed by atoms with Gasteiger partial charge in [0.25, 0.3) is 0 Å². The van der Waals surface area contributed by atoms with E-state index < -0.39 is 5.60 Å². The second-order valence-corrected chi connectivity index (χ2v) is 7.59. The zero-order chi connectivity index (χ0) is 15.9. The highest BCUT2D eigenvalue weighted by Gasteiger charge is 2.24. The molecule has 4 nitrogen and oxygen atoms in total. The normalized spacial score (nSPS) is 20.5. The molecular formula is C17H34N2O2. The number of carbonyl (C=O) groups is 1. The molecule has 1 saturated heterocycles. The van der Waals surface area contributed by atoms with Gasteiger partial charge in [-0.3, -0.25) is 0 Å². The molecule has 4 heteroatoms. The Labute approximate surface area is 130 Å². The van der Waals surface area contributed by atoms with Crippen LogP contribution in [-0.2, 0) is 4.74 Å². The Kier molecular flexibility index (Phi) is 7.50. The fourth-order valence-corrected chi connectivity index (χ4v) is 2.63. The van der Waals surface area contributed by atoms with Gasteiger partial charge in [-0.2, -0.15) is 0 Å². The molecule has 1 rings (SSSR count). The van der Waals surface area contributed by atoms with Crippen molar-refractivity contribution in [2.45, 2.75) is 78.4 Å². The number of carbonyl (C=O) groups excluding carboxylic acids is 1. The van der Waals surface area contributed by atoms with Crippen molar-refractivity contribution in [3.05, 3.63) is 0 Å². The van der Waals surface area contributed by atoms with Crippen LogP contribution in [-0.4, -0.2) is 42.3 Å². The number of nitrogens with one attached hydrogen (secondary N) is 1. The third-order valence-electron chi connectivity index (χ3n) is 3.77. The van der Waals surface area contributed by atoms with Gasteiger partial charge in [0.1, 0.15) is 5.60 Å². The molecule has 1 unspecified atom stereocenters. The van der Waals surface area contributed by atoms with Gasteiger partial charge in [-0.15, -0.1) is 0 Å². The van der Waals surface area contributed by atoms with E-state index in [1.807, 2.05) is 25.7 Å². The molecule has 1 atom stereocenters. The van der Waals surface area contributed by atoms with E-state index in [-0.39, 0.29) is 6.09 Å². The first-order chi connectivity index (χ1) is 9.78. The van der Waals surface area contributed by atoms with E-state index in [9.17, 15) is 4.79 Å². The molecule has 124 valence electrons. The molecule has 1 amide bonds. The standard InChI is InChI=1S/C17H34N2O2/c1-14(2)8-6-11-18-15-9-7-12-19(13-10-15)16(20)21-17(3,4)5/h14-15,18H,6-13H2,1-5H3. The fourth-order valence-electron chi connectivity index (χ4n) is 2.63. The molecule has 0 aromatic rings. The summed E-state index contributed by atoms with van der Waals surface area (Å²) in [4.78, 5) is 14.0. The molecule has 0 aromatic carbocycles. The van der Waals surface area contributed by atoms with Gasteiger partial charge in [-0.1, -0.05) is 13.8 Å². The summed E-state index contributed by atoms with van der Waals surface area (Å²) < 4.78 is 5.46. The first-order valence-electron chi connectivity index (χ1n) is 8.49. The fraction of sp³-hybridized carbons (Fsp3) is 0.941. The van der Waals surface area contributed by atoms with E-state index in [1.54, 1.807) is 0 Å². The van der Waals surface area contributed by atoms with E-state index in [4.69, 9.17) is 4.74 Å². The number of ether oxygens (including phenoxy) is 1. The molecule has 1 aliphatic rings.